The van der Waals surface area contributed by atoms with E-state index in [2.05, 4.69) is 17.3 Å². The number of hydrogen-bond donors (Lipinski definition) is 2. The largest absolute Gasteiger partial charge is 0.380 e. The molecule has 2 unspecified atom stereocenters. The third-order valence-electron chi connectivity index (χ3n) is 4.54. The summed E-state index contributed by atoms with van der Waals surface area (Å²) in [5.74, 6) is -0.141. The number of nitrogens with one attached hydrogen (secondary N) is 1. The van der Waals surface area contributed by atoms with Crippen LogP contribution >= 0.6 is 0 Å². The van der Waals surface area contributed by atoms with Gasteiger partial charge < -0.3 is 11.1 Å². The fourth-order valence-corrected chi connectivity index (χ4v) is 3.20. The van der Waals surface area contributed by atoms with Crippen molar-refractivity contribution in [3.63, 3.8) is 0 Å². The van der Waals surface area contributed by atoms with Crippen LogP contribution in [-0.2, 0) is 0 Å². The third kappa shape index (κ3) is 2.84. The van der Waals surface area contributed by atoms with Crippen molar-refractivity contribution >= 4 is 22.8 Å². The van der Waals surface area contributed by atoms with E-state index in [-0.39, 0.29) is 17.3 Å². The predicted molar refractivity (Wildman–Crippen MR) is 85.4 cm³/mol. The van der Waals surface area contributed by atoms with Crippen LogP contribution < -0.4 is 11.1 Å². The van der Waals surface area contributed by atoms with Crippen LogP contribution in [0.1, 0.15) is 43.0 Å². The number of nitrogens with zero attached hydrogens (tertiary/aromatic N) is 3. The first-order valence-electron chi connectivity index (χ1n) is 7.69. The van der Waals surface area contributed by atoms with E-state index in [0.717, 1.165) is 19.3 Å². The zero-order valence-electron chi connectivity index (χ0n) is 12.9. The number of fused-ring (bicyclic) bond motifs is 1. The van der Waals surface area contributed by atoms with E-state index in [4.69, 9.17) is 5.73 Å². The molecule has 3 rings (SSSR count). The Labute approximate surface area is 132 Å². The number of rotatable bonds is 4. The molecule has 2 heterocycles. The molecule has 0 aromatic carbocycles. The average molecular weight is 317 g/mol. The molecule has 0 spiro atoms. The quantitative estimate of drug-likeness (QED) is 0.663. The van der Waals surface area contributed by atoms with Gasteiger partial charge in [0, 0.05) is 12.1 Å². The molecule has 1 saturated carbocycles. The molecule has 3 N–H and O–H groups in total. The lowest BCUT2D eigenvalue weighted by molar-refractivity contribution is -0.384. The Morgan fingerprint density at radius 3 is 2.87 bits per heavy atom. The second-order valence-corrected chi connectivity index (χ2v) is 6.10. The lowest BCUT2D eigenvalue weighted by Crippen LogP contribution is -2.31. The summed E-state index contributed by atoms with van der Waals surface area (Å²) in [7, 11) is 0. The summed E-state index contributed by atoms with van der Waals surface area (Å²) in [4.78, 5) is 22.2. The van der Waals surface area contributed by atoms with Crippen LogP contribution in [-0.4, -0.2) is 26.5 Å². The normalized spacial score (nSPS) is 21.3. The summed E-state index contributed by atoms with van der Waals surface area (Å²) in [6.45, 7) is 2.17. The molecule has 8 heteroatoms. The molecule has 122 valence electrons. The zero-order chi connectivity index (χ0) is 16.6. The van der Waals surface area contributed by atoms with Crippen LogP contribution in [0.4, 0.5) is 11.4 Å². The first kappa shape index (κ1) is 15.3. The lowest BCUT2D eigenvalue weighted by atomic mass is 9.85. The molecule has 1 amide bonds. The van der Waals surface area contributed by atoms with Crippen LogP contribution in [0.2, 0.25) is 0 Å². The second kappa shape index (κ2) is 5.86. The predicted octanol–water partition coefficient (Wildman–Crippen LogP) is 2.33. The van der Waals surface area contributed by atoms with Crippen molar-refractivity contribution in [1.82, 2.24) is 9.61 Å². The highest BCUT2D eigenvalue weighted by Gasteiger charge is 2.25. The topological polar surface area (TPSA) is 116 Å². The third-order valence-corrected chi connectivity index (χ3v) is 4.54. The number of aromatic nitrogens is 2. The number of nitro groups is 1. The Kier molecular flexibility index (Phi) is 3.89. The van der Waals surface area contributed by atoms with Crippen molar-refractivity contribution in [3.05, 3.63) is 34.1 Å². The van der Waals surface area contributed by atoms with Crippen molar-refractivity contribution in [1.29, 1.82) is 0 Å². The molecular formula is C15H19N5O3. The highest BCUT2D eigenvalue weighted by molar-refractivity contribution is 6.02. The molecular weight excluding hydrogens is 298 g/mol. The van der Waals surface area contributed by atoms with Crippen LogP contribution in [0.3, 0.4) is 0 Å². The second-order valence-electron chi connectivity index (χ2n) is 6.10. The molecule has 0 saturated heterocycles. The van der Waals surface area contributed by atoms with Crippen LogP contribution in [0.15, 0.2) is 18.5 Å². The molecule has 2 aromatic heterocycles. The molecule has 23 heavy (non-hydrogen) atoms. The van der Waals surface area contributed by atoms with Crippen molar-refractivity contribution in [2.75, 3.05) is 5.32 Å². The summed E-state index contributed by atoms with van der Waals surface area (Å²) in [6.07, 6.45) is 7.12. The van der Waals surface area contributed by atoms with Gasteiger partial charge in [-0.05, 0) is 18.8 Å². The van der Waals surface area contributed by atoms with Crippen LogP contribution in [0, 0.1) is 16.0 Å². The van der Waals surface area contributed by atoms with Gasteiger partial charge >= 0.3 is 0 Å². The minimum Gasteiger partial charge on any atom is -0.380 e. The Bertz CT molecular complexity index is 770. The van der Waals surface area contributed by atoms with Gasteiger partial charge in [-0.25, -0.2) is 4.52 Å². The maximum atomic E-state index is 11.7. The van der Waals surface area contributed by atoms with Gasteiger partial charge in [0.1, 0.15) is 6.20 Å². The summed E-state index contributed by atoms with van der Waals surface area (Å²) in [5.41, 5.74) is 6.65. The minimum atomic E-state index is -0.602. The number of carbonyl (C=O) groups is 1. The Morgan fingerprint density at radius 2 is 2.22 bits per heavy atom. The number of nitrogens with two attached hydrogens (primary N) is 1. The van der Waals surface area contributed by atoms with E-state index < -0.39 is 10.8 Å². The smallest absolute Gasteiger partial charge is 0.289 e. The zero-order valence-corrected chi connectivity index (χ0v) is 12.9. The van der Waals surface area contributed by atoms with Crippen molar-refractivity contribution in [2.24, 2.45) is 11.7 Å². The summed E-state index contributed by atoms with van der Waals surface area (Å²) < 4.78 is 1.40. The highest BCUT2D eigenvalue weighted by atomic mass is 16.6. The Hall–Kier alpha value is -2.64. The summed E-state index contributed by atoms with van der Waals surface area (Å²) in [6, 6.07) is 1.62. The number of carbonyl (C=O) groups excluding carboxylic acids is 1. The SMILES string of the molecule is CC1CCCCC1Nc1c(C(N)=O)cnn2cc([N+](=O)[O-])cc12. The molecule has 1 fully saturated rings. The van der Waals surface area contributed by atoms with Gasteiger partial charge in [0.2, 0.25) is 0 Å². The first-order chi connectivity index (χ1) is 11.0. The Morgan fingerprint density at radius 1 is 1.48 bits per heavy atom. The highest BCUT2D eigenvalue weighted by Crippen LogP contribution is 2.31. The van der Waals surface area contributed by atoms with Crippen LogP contribution in [0.25, 0.3) is 5.52 Å². The standard InChI is InChI=1S/C15H19N5O3/c1-9-4-2-3-5-12(9)18-14-11(15(16)21)7-17-19-8-10(20(22)23)6-13(14)19/h6-9,12,18H,2-5H2,1H3,(H2,16,21). The molecule has 2 aromatic rings. The molecule has 1 aliphatic rings. The number of amides is 1. The number of hydrogen-bond acceptors (Lipinski definition) is 5. The monoisotopic (exact) mass is 317 g/mol. The number of primary amides is 1. The summed E-state index contributed by atoms with van der Waals surface area (Å²) in [5, 5.41) is 18.4. The van der Waals surface area contributed by atoms with Gasteiger partial charge in [0.05, 0.1) is 27.9 Å². The maximum Gasteiger partial charge on any atom is 0.289 e. The van der Waals surface area contributed by atoms with E-state index in [0.29, 0.717) is 17.1 Å². The average Bonchev–Trinajstić information content (AvgIpc) is 2.94. The van der Waals surface area contributed by atoms with Crippen molar-refractivity contribution in [2.45, 2.75) is 38.6 Å². The lowest BCUT2D eigenvalue weighted by Gasteiger charge is -2.31. The van der Waals surface area contributed by atoms with Gasteiger partial charge in [-0.2, -0.15) is 5.10 Å². The fraction of sp³-hybridized carbons (Fsp3) is 0.467. The van der Waals surface area contributed by atoms with E-state index in [1.54, 1.807) is 0 Å². The molecule has 8 nitrogen and oxygen atoms in total. The van der Waals surface area contributed by atoms with Crippen molar-refractivity contribution < 1.29 is 9.72 Å². The fourth-order valence-electron chi connectivity index (χ4n) is 3.20. The van der Waals surface area contributed by atoms with Gasteiger partial charge in [-0.3, -0.25) is 14.9 Å². The van der Waals surface area contributed by atoms with E-state index in [1.165, 1.54) is 29.4 Å². The minimum absolute atomic E-state index is 0.0705. The van der Waals surface area contributed by atoms with Crippen molar-refractivity contribution in [3.8, 4) is 0 Å². The van der Waals surface area contributed by atoms with Gasteiger partial charge in [0.25, 0.3) is 11.6 Å². The Balaban J connectivity index is 2.08. The van der Waals surface area contributed by atoms with E-state index in [9.17, 15) is 14.9 Å². The van der Waals surface area contributed by atoms with E-state index >= 15 is 0 Å². The number of anilines is 1. The van der Waals surface area contributed by atoms with E-state index in [1.807, 2.05) is 0 Å². The molecule has 0 bridgehead atoms. The van der Waals surface area contributed by atoms with Crippen LogP contribution in [0.5, 0.6) is 0 Å². The molecule has 1 aliphatic carbocycles. The first-order valence-corrected chi connectivity index (χ1v) is 7.69. The van der Waals surface area contributed by atoms with Gasteiger partial charge in [0.15, 0.2) is 0 Å². The van der Waals surface area contributed by atoms with Gasteiger partial charge in [-0.15, -0.1) is 0 Å². The summed E-state index contributed by atoms with van der Waals surface area (Å²) >= 11 is 0. The maximum absolute atomic E-state index is 11.7. The van der Waals surface area contributed by atoms with Gasteiger partial charge in [-0.1, -0.05) is 19.8 Å². The molecule has 0 radical (unpaired) electrons. The molecule has 2 atom stereocenters. The molecule has 0 aliphatic heterocycles.